The summed E-state index contributed by atoms with van der Waals surface area (Å²) in [5.74, 6) is 1.06. The summed E-state index contributed by atoms with van der Waals surface area (Å²) < 4.78 is 0. The molecule has 1 unspecified atom stereocenters. The van der Waals surface area contributed by atoms with E-state index in [2.05, 4.69) is 23.5 Å². The number of ketones is 1. The second kappa shape index (κ2) is 8.91. The van der Waals surface area contributed by atoms with Crippen LogP contribution in [0.15, 0.2) is 42.5 Å². The van der Waals surface area contributed by atoms with Crippen molar-refractivity contribution in [1.82, 2.24) is 5.32 Å². The van der Waals surface area contributed by atoms with Crippen LogP contribution in [-0.2, 0) is 11.2 Å². The van der Waals surface area contributed by atoms with Gasteiger partial charge in [0.05, 0.1) is 0 Å². The Morgan fingerprint density at radius 1 is 1.10 bits per heavy atom. The number of Topliss-reactive ketones (excluding diaryl/α,β-unsaturated/α-hetero) is 1. The zero-order valence-corrected chi connectivity index (χ0v) is 17.2. The lowest BCUT2D eigenvalue weighted by Crippen LogP contribution is -2.30. The van der Waals surface area contributed by atoms with Gasteiger partial charge in [0.1, 0.15) is 0 Å². The van der Waals surface area contributed by atoms with Gasteiger partial charge in [0.2, 0.25) is 5.91 Å². The van der Waals surface area contributed by atoms with Crippen LogP contribution < -0.4 is 10.2 Å². The van der Waals surface area contributed by atoms with Gasteiger partial charge in [0, 0.05) is 30.6 Å². The van der Waals surface area contributed by atoms with Gasteiger partial charge in [0.15, 0.2) is 5.78 Å². The fourth-order valence-electron chi connectivity index (χ4n) is 4.53. The highest BCUT2D eigenvalue weighted by Crippen LogP contribution is 2.33. The van der Waals surface area contributed by atoms with Gasteiger partial charge in [-0.3, -0.25) is 9.59 Å². The molecular weight excluding hydrogens is 360 g/mol. The maximum Gasteiger partial charge on any atom is 0.226 e. The predicted molar refractivity (Wildman–Crippen MR) is 117 cm³/mol. The van der Waals surface area contributed by atoms with Crippen LogP contribution in [0.5, 0.6) is 0 Å². The van der Waals surface area contributed by atoms with E-state index in [0.717, 1.165) is 54.9 Å². The lowest BCUT2D eigenvalue weighted by molar-refractivity contribution is -0.118. The van der Waals surface area contributed by atoms with Crippen molar-refractivity contribution in [2.24, 2.45) is 5.92 Å². The zero-order chi connectivity index (χ0) is 20.2. The first kappa shape index (κ1) is 19.8. The molecular formula is C25H30N2O2. The molecule has 0 spiro atoms. The molecule has 0 aromatic heterocycles. The Kier molecular flexibility index (Phi) is 6.10. The lowest BCUT2D eigenvalue weighted by atomic mass is 9.92. The molecule has 2 aliphatic heterocycles. The van der Waals surface area contributed by atoms with Crippen molar-refractivity contribution < 1.29 is 9.59 Å². The van der Waals surface area contributed by atoms with Crippen molar-refractivity contribution in [1.29, 1.82) is 0 Å². The molecule has 1 saturated heterocycles. The number of hydrogen-bond donors (Lipinski definition) is 1. The zero-order valence-electron chi connectivity index (χ0n) is 17.2. The molecule has 2 aliphatic rings. The van der Waals surface area contributed by atoms with Crippen molar-refractivity contribution in [2.45, 2.75) is 45.4 Å². The number of carbonyl (C=O) groups is 2. The van der Waals surface area contributed by atoms with Gasteiger partial charge in [-0.1, -0.05) is 37.3 Å². The molecule has 4 nitrogen and oxygen atoms in total. The Labute approximate surface area is 173 Å². The van der Waals surface area contributed by atoms with E-state index in [9.17, 15) is 9.59 Å². The number of amides is 1. The summed E-state index contributed by atoms with van der Waals surface area (Å²) in [6, 6.07) is 14.3. The molecule has 1 fully saturated rings. The summed E-state index contributed by atoms with van der Waals surface area (Å²) in [7, 11) is 0. The maximum atomic E-state index is 12.6. The van der Waals surface area contributed by atoms with Gasteiger partial charge in [-0.05, 0) is 73.5 Å². The van der Waals surface area contributed by atoms with Gasteiger partial charge >= 0.3 is 0 Å². The average molecular weight is 391 g/mol. The van der Waals surface area contributed by atoms with Gasteiger partial charge in [-0.2, -0.15) is 0 Å². The van der Waals surface area contributed by atoms with E-state index >= 15 is 0 Å². The minimum atomic E-state index is 0.184. The van der Waals surface area contributed by atoms with Crippen molar-refractivity contribution in [2.75, 3.05) is 24.5 Å². The monoisotopic (exact) mass is 390 g/mol. The number of anilines is 1. The maximum absolute atomic E-state index is 12.6. The molecule has 2 aromatic rings. The topological polar surface area (TPSA) is 49.4 Å². The molecule has 29 heavy (non-hydrogen) atoms. The van der Waals surface area contributed by atoms with Crippen molar-refractivity contribution in [3.8, 4) is 11.1 Å². The number of rotatable bonds is 6. The SMILES string of the molecule is CCC(=O)N1CCc2cc(-c3ccc(C(=O)CCC4CCCNC4)cc3)ccc21. The van der Waals surface area contributed by atoms with E-state index in [0.29, 0.717) is 18.8 Å². The predicted octanol–water partition coefficient (Wildman–Crippen LogP) is 4.62. The summed E-state index contributed by atoms with van der Waals surface area (Å²) >= 11 is 0. The van der Waals surface area contributed by atoms with Gasteiger partial charge in [-0.15, -0.1) is 0 Å². The fraction of sp³-hybridized carbons (Fsp3) is 0.440. The molecule has 0 saturated carbocycles. The van der Waals surface area contributed by atoms with E-state index in [1.165, 1.54) is 18.4 Å². The van der Waals surface area contributed by atoms with Crippen LogP contribution in [0.4, 0.5) is 5.69 Å². The Morgan fingerprint density at radius 2 is 1.90 bits per heavy atom. The number of hydrogen-bond acceptors (Lipinski definition) is 3. The summed E-state index contributed by atoms with van der Waals surface area (Å²) in [4.78, 5) is 26.5. The largest absolute Gasteiger partial charge is 0.316 e. The fourth-order valence-corrected chi connectivity index (χ4v) is 4.53. The number of nitrogens with one attached hydrogen (secondary N) is 1. The Bertz CT molecular complexity index is 882. The van der Waals surface area contributed by atoms with Crippen molar-refractivity contribution >= 4 is 17.4 Å². The number of carbonyl (C=O) groups excluding carboxylic acids is 2. The third-order valence-corrected chi connectivity index (χ3v) is 6.30. The van der Waals surface area contributed by atoms with Crippen LogP contribution in [0, 0.1) is 5.92 Å². The van der Waals surface area contributed by atoms with Crippen LogP contribution in [0.3, 0.4) is 0 Å². The number of benzene rings is 2. The summed E-state index contributed by atoms with van der Waals surface area (Å²) in [5, 5.41) is 3.42. The van der Waals surface area contributed by atoms with Crippen LogP contribution in [0.2, 0.25) is 0 Å². The number of fused-ring (bicyclic) bond motifs is 1. The Hall–Kier alpha value is -2.46. The minimum Gasteiger partial charge on any atom is -0.316 e. The molecule has 152 valence electrons. The van der Waals surface area contributed by atoms with Gasteiger partial charge < -0.3 is 10.2 Å². The van der Waals surface area contributed by atoms with Crippen LogP contribution in [0.25, 0.3) is 11.1 Å². The van der Waals surface area contributed by atoms with E-state index in [1.807, 2.05) is 36.1 Å². The van der Waals surface area contributed by atoms with Crippen LogP contribution in [-0.4, -0.2) is 31.3 Å². The van der Waals surface area contributed by atoms with Crippen LogP contribution >= 0.6 is 0 Å². The van der Waals surface area contributed by atoms with E-state index < -0.39 is 0 Å². The van der Waals surface area contributed by atoms with Crippen LogP contribution in [0.1, 0.15) is 54.9 Å². The number of nitrogens with zero attached hydrogens (tertiary/aromatic N) is 1. The first-order valence-electron chi connectivity index (χ1n) is 10.9. The molecule has 1 amide bonds. The van der Waals surface area contributed by atoms with Crippen molar-refractivity contribution in [3.63, 3.8) is 0 Å². The molecule has 4 heteroatoms. The molecule has 1 atom stereocenters. The highest BCUT2D eigenvalue weighted by atomic mass is 16.2. The Morgan fingerprint density at radius 3 is 2.62 bits per heavy atom. The molecule has 2 heterocycles. The molecule has 0 bridgehead atoms. The molecule has 2 aromatic carbocycles. The smallest absolute Gasteiger partial charge is 0.226 e. The van der Waals surface area contributed by atoms with E-state index in [4.69, 9.17) is 0 Å². The summed E-state index contributed by atoms with van der Waals surface area (Å²) in [5.41, 5.74) is 5.33. The second-order valence-electron chi connectivity index (χ2n) is 8.24. The molecule has 0 aliphatic carbocycles. The number of piperidine rings is 1. The molecule has 1 N–H and O–H groups in total. The highest BCUT2D eigenvalue weighted by molar-refractivity contribution is 5.97. The standard InChI is InChI=1S/C25H30N2O2/c1-2-25(29)27-15-13-22-16-21(10-11-23(22)27)19-6-8-20(9-7-19)24(28)12-5-18-4-3-14-26-17-18/h6-11,16,18,26H,2-5,12-15,17H2,1H3. The van der Waals surface area contributed by atoms with Crippen molar-refractivity contribution in [3.05, 3.63) is 53.6 Å². The summed E-state index contributed by atoms with van der Waals surface area (Å²) in [6.07, 6.45) is 5.50. The Balaban J connectivity index is 1.41. The van der Waals surface area contributed by atoms with Gasteiger partial charge in [-0.25, -0.2) is 0 Å². The van der Waals surface area contributed by atoms with E-state index in [1.54, 1.807) is 0 Å². The first-order chi connectivity index (χ1) is 14.2. The third kappa shape index (κ3) is 4.43. The second-order valence-corrected chi connectivity index (χ2v) is 8.24. The normalized spacial score (nSPS) is 18.5. The first-order valence-corrected chi connectivity index (χ1v) is 10.9. The summed E-state index contributed by atoms with van der Waals surface area (Å²) in [6.45, 7) is 4.84. The van der Waals surface area contributed by atoms with E-state index in [-0.39, 0.29) is 11.7 Å². The lowest BCUT2D eigenvalue weighted by Gasteiger charge is -2.22. The quantitative estimate of drug-likeness (QED) is 0.733. The minimum absolute atomic E-state index is 0.184. The molecule has 0 radical (unpaired) electrons. The average Bonchev–Trinajstić information content (AvgIpc) is 3.21. The molecule has 4 rings (SSSR count). The highest BCUT2D eigenvalue weighted by Gasteiger charge is 2.23. The van der Waals surface area contributed by atoms with Gasteiger partial charge in [0.25, 0.3) is 0 Å². The third-order valence-electron chi connectivity index (χ3n) is 6.30.